The number of rotatable bonds is 2. The summed E-state index contributed by atoms with van der Waals surface area (Å²) in [6.07, 6.45) is 2.87. The first kappa shape index (κ1) is 19.8. The molecule has 0 amide bonds. The number of alkyl halides is 3. The normalized spacial score (nSPS) is 17.7. The smallest absolute Gasteiger partial charge is 0.376 e. The van der Waals surface area contributed by atoms with Gasteiger partial charge in [-0.2, -0.15) is 21.6 Å². The van der Waals surface area contributed by atoms with Crippen LogP contribution in [0.4, 0.5) is 13.2 Å². The van der Waals surface area contributed by atoms with Gasteiger partial charge >= 0.3 is 15.6 Å². The van der Waals surface area contributed by atoms with Gasteiger partial charge in [-0.25, -0.2) is 0 Å². The molecule has 0 spiro atoms. The standard InChI is InChI=1S/C18H23F3O3S/c1-11-9-14-12(10-15(11)24-25(22,23)18(19,20)21)13(16(2,3)4)7-8-17(14,5)6/h7,9-10H,8H2,1-6H3. The fourth-order valence-electron chi connectivity index (χ4n) is 3.01. The van der Waals surface area contributed by atoms with E-state index in [0.29, 0.717) is 5.56 Å². The summed E-state index contributed by atoms with van der Waals surface area (Å²) in [6, 6.07) is 3.15. The molecule has 0 N–H and O–H groups in total. The number of allylic oxidation sites excluding steroid dienone is 2. The highest BCUT2D eigenvalue weighted by Crippen LogP contribution is 2.47. The molecule has 1 aromatic carbocycles. The van der Waals surface area contributed by atoms with E-state index in [1.807, 2.05) is 34.6 Å². The largest absolute Gasteiger partial charge is 0.534 e. The van der Waals surface area contributed by atoms with Gasteiger partial charge in [-0.15, -0.1) is 0 Å². The van der Waals surface area contributed by atoms with Crippen molar-refractivity contribution in [1.82, 2.24) is 0 Å². The summed E-state index contributed by atoms with van der Waals surface area (Å²) in [5.41, 5.74) is -2.85. The second kappa shape index (κ2) is 5.76. The average Bonchev–Trinajstić information content (AvgIpc) is 2.37. The molecule has 140 valence electrons. The van der Waals surface area contributed by atoms with Gasteiger partial charge in [-0.05, 0) is 52.5 Å². The van der Waals surface area contributed by atoms with Crippen molar-refractivity contribution in [3.8, 4) is 5.75 Å². The number of aryl methyl sites for hydroxylation is 1. The van der Waals surface area contributed by atoms with E-state index in [9.17, 15) is 21.6 Å². The monoisotopic (exact) mass is 376 g/mol. The summed E-state index contributed by atoms with van der Waals surface area (Å²) in [5.74, 6) is -0.288. The topological polar surface area (TPSA) is 43.4 Å². The molecule has 0 fully saturated rings. The summed E-state index contributed by atoms with van der Waals surface area (Å²) in [5, 5.41) is 0. The Morgan fingerprint density at radius 1 is 1.12 bits per heavy atom. The van der Waals surface area contributed by atoms with Crippen molar-refractivity contribution >= 4 is 15.7 Å². The average molecular weight is 376 g/mol. The number of hydrogen-bond donors (Lipinski definition) is 0. The maximum atomic E-state index is 12.7. The maximum absolute atomic E-state index is 12.7. The number of halogens is 3. The van der Waals surface area contributed by atoms with Crippen LogP contribution in [0.25, 0.3) is 5.57 Å². The number of hydrogen-bond acceptors (Lipinski definition) is 3. The fourth-order valence-corrected chi connectivity index (χ4v) is 3.52. The van der Waals surface area contributed by atoms with E-state index in [-0.39, 0.29) is 16.6 Å². The van der Waals surface area contributed by atoms with E-state index in [1.165, 1.54) is 6.07 Å². The molecular formula is C18H23F3O3S. The van der Waals surface area contributed by atoms with E-state index < -0.39 is 15.6 Å². The second-order valence-electron chi connectivity index (χ2n) is 8.10. The molecule has 2 rings (SSSR count). The van der Waals surface area contributed by atoms with E-state index in [0.717, 1.165) is 23.1 Å². The molecule has 7 heteroatoms. The van der Waals surface area contributed by atoms with Crippen LogP contribution in [0.3, 0.4) is 0 Å². The minimum Gasteiger partial charge on any atom is -0.376 e. The Hall–Kier alpha value is -1.50. The van der Waals surface area contributed by atoms with Gasteiger partial charge in [0.15, 0.2) is 0 Å². The van der Waals surface area contributed by atoms with Crippen LogP contribution < -0.4 is 4.18 Å². The van der Waals surface area contributed by atoms with Crippen molar-refractivity contribution < 1.29 is 25.8 Å². The number of benzene rings is 1. The van der Waals surface area contributed by atoms with E-state index >= 15 is 0 Å². The molecule has 0 bridgehead atoms. The Balaban J connectivity index is 2.65. The minimum absolute atomic E-state index is 0.198. The zero-order chi connectivity index (χ0) is 19.4. The summed E-state index contributed by atoms with van der Waals surface area (Å²) in [7, 11) is -5.70. The molecule has 0 aliphatic heterocycles. The first-order valence-corrected chi connectivity index (χ1v) is 9.34. The van der Waals surface area contributed by atoms with Gasteiger partial charge < -0.3 is 4.18 Å². The molecule has 0 heterocycles. The van der Waals surface area contributed by atoms with Crippen molar-refractivity contribution in [2.45, 2.75) is 58.9 Å². The highest BCUT2D eigenvalue weighted by Gasteiger charge is 2.49. The number of fused-ring (bicyclic) bond motifs is 1. The lowest BCUT2D eigenvalue weighted by Crippen LogP contribution is -2.29. The highest BCUT2D eigenvalue weighted by atomic mass is 32.2. The molecule has 1 aliphatic carbocycles. The molecule has 25 heavy (non-hydrogen) atoms. The molecule has 3 nitrogen and oxygen atoms in total. The highest BCUT2D eigenvalue weighted by molar-refractivity contribution is 7.88. The molecule has 0 atom stereocenters. The van der Waals surface area contributed by atoms with Crippen LogP contribution in [-0.4, -0.2) is 13.9 Å². The molecule has 0 aromatic heterocycles. The maximum Gasteiger partial charge on any atom is 0.534 e. The third-order valence-electron chi connectivity index (χ3n) is 4.44. The summed E-state index contributed by atoms with van der Waals surface area (Å²) >= 11 is 0. The van der Waals surface area contributed by atoms with Crippen molar-refractivity contribution in [3.05, 3.63) is 34.9 Å². The van der Waals surface area contributed by atoms with Gasteiger partial charge in [0.25, 0.3) is 0 Å². The third-order valence-corrected chi connectivity index (χ3v) is 5.41. The van der Waals surface area contributed by atoms with Crippen LogP contribution in [-0.2, 0) is 15.5 Å². The van der Waals surface area contributed by atoms with Crippen LogP contribution in [0, 0.1) is 12.3 Å². The van der Waals surface area contributed by atoms with Crippen molar-refractivity contribution in [3.63, 3.8) is 0 Å². The van der Waals surface area contributed by atoms with Crippen LogP contribution in [0.15, 0.2) is 18.2 Å². The Labute approximate surface area is 147 Å². The van der Waals surface area contributed by atoms with Crippen molar-refractivity contribution in [2.24, 2.45) is 5.41 Å². The van der Waals surface area contributed by atoms with Crippen LogP contribution in [0.5, 0.6) is 5.75 Å². The second-order valence-corrected chi connectivity index (χ2v) is 9.64. The molecular weight excluding hydrogens is 353 g/mol. The Kier molecular flexibility index (Phi) is 4.57. The minimum atomic E-state index is -5.70. The van der Waals surface area contributed by atoms with Crippen molar-refractivity contribution in [1.29, 1.82) is 0 Å². The summed E-state index contributed by atoms with van der Waals surface area (Å²) in [6.45, 7) is 11.7. The third kappa shape index (κ3) is 3.71. The first-order chi connectivity index (χ1) is 11.1. The predicted molar refractivity (Wildman–Crippen MR) is 91.9 cm³/mol. The summed E-state index contributed by atoms with van der Waals surface area (Å²) < 4.78 is 65.1. The molecule has 0 saturated carbocycles. The fraction of sp³-hybridized carbons (Fsp3) is 0.556. The van der Waals surface area contributed by atoms with Crippen LogP contribution in [0.1, 0.15) is 57.7 Å². The molecule has 1 aliphatic rings. The van der Waals surface area contributed by atoms with Crippen LogP contribution >= 0.6 is 0 Å². The quantitative estimate of drug-likeness (QED) is 0.517. The van der Waals surface area contributed by atoms with E-state index in [4.69, 9.17) is 0 Å². The van der Waals surface area contributed by atoms with Gasteiger partial charge in [0.05, 0.1) is 0 Å². The van der Waals surface area contributed by atoms with E-state index in [1.54, 1.807) is 13.0 Å². The Bertz CT molecular complexity index is 826. The van der Waals surface area contributed by atoms with Crippen molar-refractivity contribution in [2.75, 3.05) is 0 Å². The van der Waals surface area contributed by atoms with Gasteiger partial charge in [0.2, 0.25) is 0 Å². The van der Waals surface area contributed by atoms with E-state index in [2.05, 4.69) is 10.3 Å². The molecule has 1 aromatic rings. The Morgan fingerprint density at radius 2 is 1.68 bits per heavy atom. The van der Waals surface area contributed by atoms with Crippen LogP contribution in [0.2, 0.25) is 0 Å². The van der Waals surface area contributed by atoms with Gasteiger partial charge in [0, 0.05) is 0 Å². The van der Waals surface area contributed by atoms with Gasteiger partial charge in [-0.3, -0.25) is 0 Å². The molecule has 0 unspecified atom stereocenters. The zero-order valence-electron chi connectivity index (χ0n) is 15.2. The predicted octanol–water partition coefficient (Wildman–Crippen LogP) is 5.33. The summed E-state index contributed by atoms with van der Waals surface area (Å²) in [4.78, 5) is 0. The van der Waals surface area contributed by atoms with Gasteiger partial charge in [-0.1, -0.05) is 46.8 Å². The lowest BCUT2D eigenvalue weighted by atomic mass is 9.68. The Morgan fingerprint density at radius 3 is 2.16 bits per heavy atom. The zero-order valence-corrected chi connectivity index (χ0v) is 16.0. The first-order valence-electron chi connectivity index (χ1n) is 7.93. The lowest BCUT2D eigenvalue weighted by Gasteiger charge is -2.37. The van der Waals surface area contributed by atoms with Gasteiger partial charge in [0.1, 0.15) is 5.75 Å². The SMILES string of the molecule is Cc1cc2c(cc1OS(=O)(=O)C(F)(F)F)C(C(C)(C)C)=CCC2(C)C. The molecule has 0 radical (unpaired) electrons. The lowest BCUT2D eigenvalue weighted by molar-refractivity contribution is -0.0500. The molecule has 0 saturated heterocycles.